The quantitative estimate of drug-likeness (QED) is 0.599. The van der Waals surface area contributed by atoms with Gasteiger partial charge in [-0.05, 0) is 56.0 Å². The molecule has 0 radical (unpaired) electrons. The molecule has 1 atom stereocenters. The first-order valence-corrected chi connectivity index (χ1v) is 8.20. The van der Waals surface area contributed by atoms with Crippen LogP contribution in [0, 0.1) is 11.8 Å². The SMILES string of the molecule is CC1CCCc2nc3cc(C#Cc4ccccn4)ccc3c(=O)n21. The molecule has 3 aromatic rings. The van der Waals surface area contributed by atoms with Crippen molar-refractivity contribution < 1.29 is 0 Å². The van der Waals surface area contributed by atoms with E-state index in [2.05, 4.69) is 23.7 Å². The van der Waals surface area contributed by atoms with Gasteiger partial charge in [-0.25, -0.2) is 9.97 Å². The first-order chi connectivity index (χ1) is 11.7. The average Bonchev–Trinajstić information content (AvgIpc) is 2.61. The van der Waals surface area contributed by atoms with Crippen LogP contribution in [0.25, 0.3) is 10.9 Å². The molecule has 1 unspecified atom stereocenters. The minimum atomic E-state index is 0.0615. The van der Waals surface area contributed by atoms with Crippen LogP contribution in [0.4, 0.5) is 0 Å². The highest BCUT2D eigenvalue weighted by Gasteiger charge is 2.19. The van der Waals surface area contributed by atoms with Crippen LogP contribution in [0.1, 0.15) is 42.9 Å². The van der Waals surface area contributed by atoms with Gasteiger partial charge < -0.3 is 0 Å². The Kier molecular flexibility index (Phi) is 3.62. The fraction of sp³-hybridized carbons (Fsp3) is 0.250. The number of pyridine rings is 1. The lowest BCUT2D eigenvalue weighted by Crippen LogP contribution is -2.31. The first-order valence-electron chi connectivity index (χ1n) is 8.20. The van der Waals surface area contributed by atoms with Crippen molar-refractivity contribution >= 4 is 10.9 Å². The molecule has 1 aromatic carbocycles. The molecule has 3 heterocycles. The molecule has 1 aliphatic heterocycles. The Morgan fingerprint density at radius 2 is 2.12 bits per heavy atom. The van der Waals surface area contributed by atoms with E-state index in [0.29, 0.717) is 5.39 Å². The normalized spacial score (nSPS) is 16.3. The molecule has 4 heteroatoms. The second-order valence-corrected chi connectivity index (χ2v) is 6.14. The maximum absolute atomic E-state index is 12.8. The zero-order valence-corrected chi connectivity index (χ0v) is 13.5. The molecular formula is C20H17N3O. The van der Waals surface area contributed by atoms with Crippen LogP contribution in [-0.4, -0.2) is 14.5 Å². The van der Waals surface area contributed by atoms with Crippen molar-refractivity contribution in [1.82, 2.24) is 14.5 Å². The van der Waals surface area contributed by atoms with E-state index in [1.807, 2.05) is 41.0 Å². The third-order valence-electron chi connectivity index (χ3n) is 4.44. The minimum Gasteiger partial charge on any atom is -0.293 e. The van der Waals surface area contributed by atoms with Gasteiger partial charge in [-0.1, -0.05) is 12.0 Å². The predicted molar refractivity (Wildman–Crippen MR) is 93.9 cm³/mol. The summed E-state index contributed by atoms with van der Waals surface area (Å²) in [7, 11) is 0. The smallest absolute Gasteiger partial charge is 0.261 e. The Labute approximate surface area is 140 Å². The minimum absolute atomic E-state index is 0.0615. The summed E-state index contributed by atoms with van der Waals surface area (Å²) in [5.41, 5.74) is 2.36. The van der Waals surface area contributed by atoms with Gasteiger partial charge >= 0.3 is 0 Å². The van der Waals surface area contributed by atoms with E-state index in [9.17, 15) is 4.79 Å². The Balaban J connectivity index is 1.81. The summed E-state index contributed by atoms with van der Waals surface area (Å²) in [6.45, 7) is 2.09. The number of fused-ring (bicyclic) bond motifs is 2. The van der Waals surface area contributed by atoms with Gasteiger partial charge in [0.15, 0.2) is 0 Å². The van der Waals surface area contributed by atoms with Gasteiger partial charge in [0.25, 0.3) is 5.56 Å². The molecular weight excluding hydrogens is 298 g/mol. The second-order valence-electron chi connectivity index (χ2n) is 6.14. The van der Waals surface area contributed by atoms with Gasteiger partial charge in [-0.3, -0.25) is 9.36 Å². The van der Waals surface area contributed by atoms with Crippen molar-refractivity contribution in [3.8, 4) is 11.8 Å². The highest BCUT2D eigenvalue weighted by atomic mass is 16.1. The Morgan fingerprint density at radius 1 is 1.21 bits per heavy atom. The molecule has 4 nitrogen and oxygen atoms in total. The van der Waals surface area contributed by atoms with E-state index in [4.69, 9.17) is 4.98 Å². The van der Waals surface area contributed by atoms with Crippen molar-refractivity contribution in [2.75, 3.05) is 0 Å². The highest BCUT2D eigenvalue weighted by Crippen LogP contribution is 2.23. The zero-order chi connectivity index (χ0) is 16.5. The Morgan fingerprint density at radius 3 is 2.96 bits per heavy atom. The Hall–Kier alpha value is -2.93. The van der Waals surface area contributed by atoms with Crippen molar-refractivity contribution in [3.05, 3.63) is 70.0 Å². The van der Waals surface area contributed by atoms with Crippen molar-refractivity contribution in [2.45, 2.75) is 32.2 Å². The van der Waals surface area contributed by atoms with E-state index in [0.717, 1.165) is 41.9 Å². The van der Waals surface area contributed by atoms with E-state index >= 15 is 0 Å². The van der Waals surface area contributed by atoms with Gasteiger partial charge in [-0.15, -0.1) is 0 Å². The lowest BCUT2D eigenvalue weighted by atomic mass is 10.0. The number of aryl methyl sites for hydroxylation is 1. The molecule has 0 amide bonds. The number of aromatic nitrogens is 3. The topological polar surface area (TPSA) is 47.8 Å². The van der Waals surface area contributed by atoms with Crippen LogP contribution in [-0.2, 0) is 6.42 Å². The van der Waals surface area contributed by atoms with Crippen LogP contribution in [0.2, 0.25) is 0 Å². The maximum Gasteiger partial charge on any atom is 0.261 e. The number of benzene rings is 1. The van der Waals surface area contributed by atoms with Crippen molar-refractivity contribution in [3.63, 3.8) is 0 Å². The molecule has 0 bridgehead atoms. The summed E-state index contributed by atoms with van der Waals surface area (Å²) in [5, 5.41) is 0.663. The molecule has 0 fully saturated rings. The molecule has 4 rings (SSSR count). The van der Waals surface area contributed by atoms with Crippen LogP contribution in [0.3, 0.4) is 0 Å². The van der Waals surface area contributed by atoms with Gasteiger partial charge in [0.05, 0.1) is 10.9 Å². The molecule has 118 valence electrons. The van der Waals surface area contributed by atoms with Gasteiger partial charge in [-0.2, -0.15) is 0 Å². The largest absolute Gasteiger partial charge is 0.293 e. The molecule has 0 N–H and O–H groups in total. The third kappa shape index (κ3) is 2.59. The lowest BCUT2D eigenvalue weighted by Gasteiger charge is -2.24. The van der Waals surface area contributed by atoms with Crippen LogP contribution < -0.4 is 5.56 Å². The average molecular weight is 315 g/mol. The molecule has 1 aliphatic rings. The first kappa shape index (κ1) is 14.6. The summed E-state index contributed by atoms with van der Waals surface area (Å²) < 4.78 is 1.85. The van der Waals surface area contributed by atoms with Gasteiger partial charge in [0.2, 0.25) is 0 Å². The number of rotatable bonds is 0. The second kappa shape index (κ2) is 5.93. The van der Waals surface area contributed by atoms with Crippen molar-refractivity contribution in [2.24, 2.45) is 0 Å². The van der Waals surface area contributed by atoms with Crippen molar-refractivity contribution in [1.29, 1.82) is 0 Å². The maximum atomic E-state index is 12.8. The standard InChI is InChI=1S/C20H17N3O/c1-14-5-4-7-19-22-18-13-15(8-10-16-6-2-3-12-21-16)9-11-17(18)20(24)23(14)19/h2-3,6,9,11-14H,4-5,7H2,1H3. The lowest BCUT2D eigenvalue weighted by molar-refractivity contribution is 0.409. The molecule has 0 saturated heterocycles. The van der Waals surface area contributed by atoms with E-state index < -0.39 is 0 Å². The fourth-order valence-electron chi connectivity index (χ4n) is 3.21. The molecule has 2 aromatic heterocycles. The third-order valence-corrected chi connectivity index (χ3v) is 4.44. The van der Waals surface area contributed by atoms with E-state index in [1.54, 1.807) is 6.20 Å². The summed E-state index contributed by atoms with van der Waals surface area (Å²) in [5.74, 6) is 7.03. The molecule has 24 heavy (non-hydrogen) atoms. The van der Waals surface area contributed by atoms with E-state index in [1.165, 1.54) is 0 Å². The summed E-state index contributed by atoms with van der Waals surface area (Å²) in [4.78, 5) is 21.7. The zero-order valence-electron chi connectivity index (χ0n) is 13.5. The predicted octanol–water partition coefficient (Wildman–Crippen LogP) is 3.09. The number of hydrogen-bond acceptors (Lipinski definition) is 3. The molecule has 0 saturated carbocycles. The Bertz CT molecular complexity index is 1030. The number of hydrogen-bond donors (Lipinski definition) is 0. The summed E-state index contributed by atoms with van der Waals surface area (Å²) in [6.07, 6.45) is 4.70. The molecule has 0 spiro atoms. The van der Waals surface area contributed by atoms with Crippen LogP contribution >= 0.6 is 0 Å². The van der Waals surface area contributed by atoms with Crippen LogP contribution in [0.5, 0.6) is 0 Å². The fourth-order valence-corrected chi connectivity index (χ4v) is 3.21. The van der Waals surface area contributed by atoms with Crippen LogP contribution in [0.15, 0.2) is 47.4 Å². The van der Waals surface area contributed by atoms with Gasteiger partial charge in [0.1, 0.15) is 11.5 Å². The highest BCUT2D eigenvalue weighted by molar-refractivity contribution is 5.79. The molecule has 0 aliphatic carbocycles. The monoisotopic (exact) mass is 315 g/mol. The number of nitrogens with zero attached hydrogens (tertiary/aromatic N) is 3. The summed E-state index contributed by atoms with van der Waals surface area (Å²) in [6, 6.07) is 11.5. The van der Waals surface area contributed by atoms with E-state index in [-0.39, 0.29) is 11.6 Å². The summed E-state index contributed by atoms with van der Waals surface area (Å²) >= 11 is 0. The van der Waals surface area contributed by atoms with Gasteiger partial charge in [0, 0.05) is 24.2 Å².